The predicted octanol–water partition coefficient (Wildman–Crippen LogP) is 3.98. The third-order valence-corrected chi connectivity index (χ3v) is 4.21. The van der Waals surface area contributed by atoms with Crippen molar-refractivity contribution in [2.75, 3.05) is 20.3 Å². The number of hydrogen-bond acceptors (Lipinski definition) is 3. The summed E-state index contributed by atoms with van der Waals surface area (Å²) in [5.74, 6) is 1.68. The van der Waals surface area contributed by atoms with Crippen molar-refractivity contribution in [3.05, 3.63) is 72.3 Å². The van der Waals surface area contributed by atoms with E-state index in [4.69, 9.17) is 9.47 Å². The van der Waals surface area contributed by atoms with E-state index in [0.717, 1.165) is 27.8 Å². The highest BCUT2D eigenvalue weighted by Crippen LogP contribution is 2.24. The number of carbonyl (C=O) groups excluding carboxylic acids is 1. The van der Waals surface area contributed by atoms with Gasteiger partial charge in [-0.2, -0.15) is 0 Å². The number of fused-ring (bicyclic) bond motifs is 1. The van der Waals surface area contributed by atoms with Gasteiger partial charge < -0.3 is 14.8 Å². The number of rotatable bonds is 8. The minimum absolute atomic E-state index is 0.0225. The molecule has 1 amide bonds. The molecule has 0 aliphatic rings. The molecule has 0 aliphatic carbocycles. The fourth-order valence-electron chi connectivity index (χ4n) is 2.85. The lowest BCUT2D eigenvalue weighted by atomic mass is 10.1. The highest BCUT2D eigenvalue weighted by molar-refractivity contribution is 5.88. The second-order valence-corrected chi connectivity index (χ2v) is 6.03. The Morgan fingerprint density at radius 3 is 2.69 bits per heavy atom. The van der Waals surface area contributed by atoms with E-state index in [0.29, 0.717) is 26.0 Å². The van der Waals surface area contributed by atoms with Gasteiger partial charge in [-0.1, -0.05) is 48.5 Å². The molecular weight excluding hydrogens is 326 g/mol. The molecule has 0 heterocycles. The predicted molar refractivity (Wildman–Crippen MR) is 104 cm³/mol. The lowest BCUT2D eigenvalue weighted by Crippen LogP contribution is -2.28. The van der Waals surface area contributed by atoms with E-state index < -0.39 is 0 Å². The molecule has 3 rings (SSSR count). The molecule has 0 saturated carbocycles. The molecule has 0 unspecified atom stereocenters. The average molecular weight is 349 g/mol. The van der Waals surface area contributed by atoms with Gasteiger partial charge in [-0.05, 0) is 35.6 Å². The largest absolute Gasteiger partial charge is 0.497 e. The molecule has 0 atom stereocenters. The fourth-order valence-corrected chi connectivity index (χ4v) is 2.85. The molecule has 3 aromatic carbocycles. The summed E-state index contributed by atoms with van der Waals surface area (Å²) >= 11 is 0. The second kappa shape index (κ2) is 8.90. The van der Waals surface area contributed by atoms with Crippen LogP contribution in [0.25, 0.3) is 10.8 Å². The summed E-state index contributed by atoms with van der Waals surface area (Å²) in [4.78, 5) is 12.0. The smallest absolute Gasteiger partial charge is 0.220 e. The van der Waals surface area contributed by atoms with Crippen molar-refractivity contribution in [3.63, 3.8) is 0 Å². The van der Waals surface area contributed by atoms with Crippen LogP contribution >= 0.6 is 0 Å². The van der Waals surface area contributed by atoms with E-state index in [2.05, 4.69) is 17.4 Å². The van der Waals surface area contributed by atoms with Crippen LogP contribution in [0.5, 0.6) is 11.5 Å². The van der Waals surface area contributed by atoms with Crippen molar-refractivity contribution in [2.24, 2.45) is 0 Å². The van der Waals surface area contributed by atoms with Crippen LogP contribution in [0.15, 0.2) is 66.7 Å². The lowest BCUT2D eigenvalue weighted by molar-refractivity contribution is -0.121. The zero-order valence-electron chi connectivity index (χ0n) is 14.9. The number of amides is 1. The third-order valence-electron chi connectivity index (χ3n) is 4.21. The molecular formula is C22H23NO3. The Balaban J connectivity index is 1.42. The standard InChI is InChI=1S/C22H23NO3/c1-25-19-9-4-6-17(16-19)12-13-22(24)23-14-15-26-21-11-5-8-18-7-2-3-10-20(18)21/h2-11,16H,12-15H2,1H3,(H,23,24). The van der Waals surface area contributed by atoms with Crippen LogP contribution < -0.4 is 14.8 Å². The van der Waals surface area contributed by atoms with Gasteiger partial charge in [-0.3, -0.25) is 4.79 Å². The zero-order chi connectivity index (χ0) is 18.2. The Bertz CT molecular complexity index is 871. The lowest BCUT2D eigenvalue weighted by Gasteiger charge is -2.10. The highest BCUT2D eigenvalue weighted by atomic mass is 16.5. The number of methoxy groups -OCH3 is 1. The molecule has 0 fully saturated rings. The minimum atomic E-state index is 0.0225. The van der Waals surface area contributed by atoms with Crippen LogP contribution in [0.4, 0.5) is 0 Å². The quantitative estimate of drug-likeness (QED) is 0.626. The van der Waals surface area contributed by atoms with Gasteiger partial charge in [-0.15, -0.1) is 0 Å². The number of aryl methyl sites for hydroxylation is 1. The molecule has 0 radical (unpaired) electrons. The molecule has 4 heteroatoms. The molecule has 0 aliphatic heterocycles. The maximum atomic E-state index is 12.0. The first-order chi connectivity index (χ1) is 12.8. The van der Waals surface area contributed by atoms with Gasteiger partial charge in [0, 0.05) is 11.8 Å². The number of nitrogens with one attached hydrogen (secondary N) is 1. The second-order valence-electron chi connectivity index (χ2n) is 6.03. The van der Waals surface area contributed by atoms with E-state index >= 15 is 0 Å². The first-order valence-electron chi connectivity index (χ1n) is 8.76. The van der Waals surface area contributed by atoms with Gasteiger partial charge in [0.25, 0.3) is 0 Å². The Labute approximate surface area is 153 Å². The fraction of sp³-hybridized carbons (Fsp3) is 0.227. The minimum Gasteiger partial charge on any atom is -0.497 e. The summed E-state index contributed by atoms with van der Waals surface area (Å²) in [6, 6.07) is 21.9. The highest BCUT2D eigenvalue weighted by Gasteiger charge is 2.04. The van der Waals surface area contributed by atoms with Crippen molar-refractivity contribution < 1.29 is 14.3 Å². The van der Waals surface area contributed by atoms with Crippen molar-refractivity contribution in [2.45, 2.75) is 12.8 Å². The molecule has 0 saturated heterocycles. The summed E-state index contributed by atoms with van der Waals surface area (Å²) in [7, 11) is 1.64. The Kier molecular flexibility index (Phi) is 6.09. The van der Waals surface area contributed by atoms with E-state index in [1.54, 1.807) is 7.11 Å². The SMILES string of the molecule is COc1cccc(CCC(=O)NCCOc2cccc3ccccc23)c1. The van der Waals surface area contributed by atoms with Crippen LogP contribution in [0.1, 0.15) is 12.0 Å². The van der Waals surface area contributed by atoms with Gasteiger partial charge >= 0.3 is 0 Å². The van der Waals surface area contributed by atoms with Gasteiger partial charge in [0.1, 0.15) is 18.1 Å². The first kappa shape index (κ1) is 17.8. The van der Waals surface area contributed by atoms with E-state index in [-0.39, 0.29) is 5.91 Å². The number of benzene rings is 3. The van der Waals surface area contributed by atoms with Gasteiger partial charge in [-0.25, -0.2) is 0 Å². The number of hydrogen-bond donors (Lipinski definition) is 1. The third kappa shape index (κ3) is 4.76. The molecule has 0 spiro atoms. The molecule has 134 valence electrons. The zero-order valence-corrected chi connectivity index (χ0v) is 14.9. The van der Waals surface area contributed by atoms with Crippen LogP contribution in [0, 0.1) is 0 Å². The summed E-state index contributed by atoms with van der Waals surface area (Å²) in [5, 5.41) is 5.13. The Morgan fingerprint density at radius 1 is 1.00 bits per heavy atom. The number of ether oxygens (including phenoxy) is 2. The van der Waals surface area contributed by atoms with Crippen molar-refractivity contribution in [1.29, 1.82) is 0 Å². The number of carbonyl (C=O) groups is 1. The average Bonchev–Trinajstić information content (AvgIpc) is 2.70. The van der Waals surface area contributed by atoms with Crippen molar-refractivity contribution >= 4 is 16.7 Å². The summed E-state index contributed by atoms with van der Waals surface area (Å²) in [6.07, 6.45) is 1.13. The van der Waals surface area contributed by atoms with E-state index in [9.17, 15) is 4.79 Å². The van der Waals surface area contributed by atoms with Crippen molar-refractivity contribution in [3.8, 4) is 11.5 Å². The summed E-state index contributed by atoms with van der Waals surface area (Å²) in [5.41, 5.74) is 1.09. The van der Waals surface area contributed by atoms with Crippen molar-refractivity contribution in [1.82, 2.24) is 5.32 Å². The summed E-state index contributed by atoms with van der Waals surface area (Å²) < 4.78 is 11.0. The van der Waals surface area contributed by atoms with Crippen LogP contribution in [0.2, 0.25) is 0 Å². The van der Waals surface area contributed by atoms with Crippen LogP contribution in [-0.4, -0.2) is 26.2 Å². The topological polar surface area (TPSA) is 47.6 Å². The van der Waals surface area contributed by atoms with Crippen LogP contribution in [-0.2, 0) is 11.2 Å². The molecule has 0 aromatic heterocycles. The monoisotopic (exact) mass is 349 g/mol. The molecule has 26 heavy (non-hydrogen) atoms. The first-order valence-corrected chi connectivity index (χ1v) is 8.76. The Hall–Kier alpha value is -3.01. The van der Waals surface area contributed by atoms with Gasteiger partial charge in [0.2, 0.25) is 5.91 Å². The van der Waals surface area contributed by atoms with E-state index in [1.165, 1.54) is 0 Å². The van der Waals surface area contributed by atoms with Crippen LogP contribution in [0.3, 0.4) is 0 Å². The molecule has 1 N–H and O–H groups in total. The normalized spacial score (nSPS) is 10.5. The van der Waals surface area contributed by atoms with E-state index in [1.807, 2.05) is 54.6 Å². The van der Waals surface area contributed by atoms with Gasteiger partial charge in [0.15, 0.2) is 0 Å². The molecule has 4 nitrogen and oxygen atoms in total. The molecule has 3 aromatic rings. The molecule has 0 bridgehead atoms. The summed E-state index contributed by atoms with van der Waals surface area (Å²) in [6.45, 7) is 0.930. The Morgan fingerprint density at radius 2 is 1.81 bits per heavy atom. The maximum Gasteiger partial charge on any atom is 0.220 e. The maximum absolute atomic E-state index is 12.0. The van der Waals surface area contributed by atoms with Gasteiger partial charge in [0.05, 0.1) is 13.7 Å².